The van der Waals surface area contributed by atoms with Crippen molar-refractivity contribution in [1.29, 1.82) is 0 Å². The third-order valence-electron chi connectivity index (χ3n) is 4.94. The SMILES string of the molecule is NC1CCN(S(=O)(=O)c2cccc3c(=O)n(COC(O)c4cccs4)ccc23)C1. The first-order chi connectivity index (χ1) is 13.9. The van der Waals surface area contributed by atoms with E-state index in [4.69, 9.17) is 10.5 Å². The van der Waals surface area contributed by atoms with Crippen molar-refractivity contribution in [2.75, 3.05) is 13.1 Å². The van der Waals surface area contributed by atoms with Gasteiger partial charge < -0.3 is 15.6 Å². The Morgan fingerprint density at radius 1 is 1.24 bits per heavy atom. The Kier molecular flexibility index (Phi) is 5.56. The minimum absolute atomic E-state index is 0.0906. The number of aliphatic hydroxyl groups is 1. The average molecular weight is 436 g/mol. The lowest BCUT2D eigenvalue weighted by molar-refractivity contribution is -0.127. The zero-order valence-corrected chi connectivity index (χ0v) is 17.1. The van der Waals surface area contributed by atoms with Crippen molar-refractivity contribution in [1.82, 2.24) is 8.87 Å². The van der Waals surface area contributed by atoms with Crippen molar-refractivity contribution >= 4 is 32.1 Å². The van der Waals surface area contributed by atoms with E-state index in [0.29, 0.717) is 23.2 Å². The normalized spacial score (nSPS) is 19.0. The molecule has 4 rings (SSSR count). The highest BCUT2D eigenvalue weighted by Crippen LogP contribution is 2.26. The zero-order valence-electron chi connectivity index (χ0n) is 15.5. The molecule has 8 nitrogen and oxygen atoms in total. The average Bonchev–Trinajstić information content (AvgIpc) is 3.39. The number of aliphatic hydroxyl groups excluding tert-OH is 1. The summed E-state index contributed by atoms with van der Waals surface area (Å²) < 4.78 is 34.1. The van der Waals surface area contributed by atoms with Crippen molar-refractivity contribution in [2.45, 2.75) is 30.4 Å². The summed E-state index contributed by atoms with van der Waals surface area (Å²) in [5.41, 5.74) is 5.46. The van der Waals surface area contributed by atoms with Crippen LogP contribution in [0.25, 0.3) is 10.8 Å². The molecule has 1 fully saturated rings. The van der Waals surface area contributed by atoms with E-state index in [1.165, 1.54) is 32.5 Å². The smallest absolute Gasteiger partial charge is 0.260 e. The molecule has 0 spiro atoms. The van der Waals surface area contributed by atoms with Gasteiger partial charge in [-0.2, -0.15) is 4.31 Å². The van der Waals surface area contributed by atoms with E-state index in [1.807, 2.05) is 5.38 Å². The van der Waals surface area contributed by atoms with Crippen LogP contribution in [0.5, 0.6) is 0 Å². The minimum atomic E-state index is -3.75. The molecule has 2 atom stereocenters. The summed E-state index contributed by atoms with van der Waals surface area (Å²) >= 11 is 1.35. The molecular weight excluding hydrogens is 414 g/mol. The van der Waals surface area contributed by atoms with Crippen LogP contribution in [-0.4, -0.2) is 41.5 Å². The lowest BCUT2D eigenvalue weighted by Gasteiger charge is -2.18. The van der Waals surface area contributed by atoms with Gasteiger partial charge >= 0.3 is 0 Å². The number of thiophene rings is 1. The van der Waals surface area contributed by atoms with Crippen molar-refractivity contribution < 1.29 is 18.3 Å². The molecule has 1 aliphatic heterocycles. The first-order valence-corrected chi connectivity index (χ1v) is 11.4. The van der Waals surface area contributed by atoms with E-state index >= 15 is 0 Å². The second-order valence-corrected chi connectivity index (χ2v) is 9.77. The number of hydrogen-bond donors (Lipinski definition) is 2. The third kappa shape index (κ3) is 3.87. The maximum absolute atomic E-state index is 13.0. The number of sulfonamides is 1. The van der Waals surface area contributed by atoms with Crippen LogP contribution < -0.4 is 11.3 Å². The van der Waals surface area contributed by atoms with Crippen LogP contribution in [0.2, 0.25) is 0 Å². The highest BCUT2D eigenvalue weighted by molar-refractivity contribution is 7.89. The lowest BCUT2D eigenvalue weighted by Crippen LogP contribution is -2.32. The molecule has 0 bridgehead atoms. The summed E-state index contributed by atoms with van der Waals surface area (Å²) in [5.74, 6) is 0. The molecule has 10 heteroatoms. The fourth-order valence-electron chi connectivity index (χ4n) is 3.39. The summed E-state index contributed by atoms with van der Waals surface area (Å²) in [7, 11) is -3.75. The topological polar surface area (TPSA) is 115 Å². The molecule has 1 aromatic carbocycles. The van der Waals surface area contributed by atoms with Crippen molar-refractivity contribution in [3.63, 3.8) is 0 Å². The number of hydrogen-bond acceptors (Lipinski definition) is 7. The first kappa shape index (κ1) is 20.2. The molecule has 0 aliphatic carbocycles. The number of pyridine rings is 1. The highest BCUT2D eigenvalue weighted by atomic mass is 32.2. The molecule has 2 aromatic heterocycles. The van der Waals surface area contributed by atoms with E-state index in [1.54, 1.807) is 30.3 Å². The Labute approximate surface area is 171 Å². The summed E-state index contributed by atoms with van der Waals surface area (Å²) in [4.78, 5) is 13.6. The van der Waals surface area contributed by atoms with E-state index in [-0.39, 0.29) is 29.6 Å². The molecule has 0 saturated carbocycles. The Morgan fingerprint density at radius 2 is 2.07 bits per heavy atom. The van der Waals surface area contributed by atoms with Gasteiger partial charge in [0.15, 0.2) is 6.29 Å². The van der Waals surface area contributed by atoms with Crippen LogP contribution in [0.1, 0.15) is 17.6 Å². The molecule has 0 amide bonds. The summed E-state index contributed by atoms with van der Waals surface area (Å²) in [6.07, 6.45) is 0.949. The van der Waals surface area contributed by atoms with Crippen LogP contribution in [0.3, 0.4) is 0 Å². The molecule has 29 heavy (non-hydrogen) atoms. The van der Waals surface area contributed by atoms with Gasteiger partial charge in [-0.05, 0) is 36.1 Å². The molecule has 3 heterocycles. The standard InChI is InChI=1S/C19H21N3O5S2/c20-13-6-9-22(11-13)29(25,26)17-5-1-3-15-14(17)7-8-21(18(15)23)12-27-19(24)16-4-2-10-28-16/h1-5,7-8,10,13,19,24H,6,9,11-12,20H2. The summed E-state index contributed by atoms with van der Waals surface area (Å²) in [6.45, 7) is 0.474. The first-order valence-electron chi connectivity index (χ1n) is 9.09. The largest absolute Gasteiger partial charge is 0.364 e. The number of fused-ring (bicyclic) bond motifs is 1. The highest BCUT2D eigenvalue weighted by Gasteiger charge is 2.32. The van der Waals surface area contributed by atoms with Crippen molar-refractivity contribution in [2.24, 2.45) is 5.73 Å². The number of nitrogens with two attached hydrogens (primary N) is 1. The molecule has 3 aromatic rings. The predicted octanol–water partition coefficient (Wildman–Crippen LogP) is 1.45. The Hall–Kier alpha value is -2.08. The Morgan fingerprint density at radius 3 is 2.76 bits per heavy atom. The van der Waals surface area contributed by atoms with Crippen molar-refractivity contribution in [3.05, 3.63) is 63.2 Å². The second-order valence-electron chi connectivity index (χ2n) is 6.88. The molecular formula is C19H21N3O5S2. The fourth-order valence-corrected chi connectivity index (χ4v) is 5.77. The number of nitrogens with zero attached hydrogens (tertiary/aromatic N) is 2. The Balaban J connectivity index is 1.65. The number of benzene rings is 1. The second kappa shape index (κ2) is 7.98. The van der Waals surface area contributed by atoms with Gasteiger partial charge in [-0.1, -0.05) is 12.1 Å². The van der Waals surface area contributed by atoms with Gasteiger partial charge in [-0.25, -0.2) is 8.42 Å². The quantitative estimate of drug-likeness (QED) is 0.567. The van der Waals surface area contributed by atoms with Crippen LogP contribution in [-0.2, 0) is 21.5 Å². The number of rotatable bonds is 6. The van der Waals surface area contributed by atoms with Crippen LogP contribution in [0.15, 0.2) is 57.7 Å². The zero-order chi connectivity index (χ0) is 20.6. The van der Waals surface area contributed by atoms with E-state index in [0.717, 1.165) is 0 Å². The molecule has 1 aliphatic rings. The van der Waals surface area contributed by atoms with Crippen molar-refractivity contribution in [3.8, 4) is 0 Å². The summed E-state index contributed by atoms with van der Waals surface area (Å²) in [5, 5.41) is 12.5. The molecule has 1 saturated heterocycles. The fraction of sp³-hybridized carbons (Fsp3) is 0.316. The predicted molar refractivity (Wildman–Crippen MR) is 110 cm³/mol. The maximum atomic E-state index is 13.0. The van der Waals surface area contributed by atoms with Gasteiger partial charge in [0.05, 0.1) is 9.77 Å². The van der Waals surface area contributed by atoms with Crippen LogP contribution in [0, 0.1) is 0 Å². The molecule has 0 radical (unpaired) electrons. The lowest BCUT2D eigenvalue weighted by atomic mass is 10.2. The molecule has 154 valence electrons. The van der Waals surface area contributed by atoms with Crippen LogP contribution in [0.4, 0.5) is 0 Å². The van der Waals surface area contributed by atoms with Gasteiger partial charge in [0.25, 0.3) is 5.56 Å². The van der Waals surface area contributed by atoms with E-state index < -0.39 is 21.9 Å². The number of aromatic nitrogens is 1. The third-order valence-corrected chi connectivity index (χ3v) is 7.77. The van der Waals surface area contributed by atoms with Gasteiger partial charge in [-0.3, -0.25) is 9.36 Å². The van der Waals surface area contributed by atoms with Gasteiger partial charge in [0.1, 0.15) is 6.73 Å². The summed E-state index contributed by atoms with van der Waals surface area (Å²) in [6, 6.07) is 9.58. The van der Waals surface area contributed by atoms with E-state index in [2.05, 4.69) is 0 Å². The minimum Gasteiger partial charge on any atom is -0.364 e. The maximum Gasteiger partial charge on any atom is 0.260 e. The molecule has 3 N–H and O–H groups in total. The van der Waals surface area contributed by atoms with Crippen LogP contribution >= 0.6 is 11.3 Å². The van der Waals surface area contributed by atoms with Gasteiger partial charge in [0, 0.05) is 36.1 Å². The Bertz CT molecular complexity index is 1170. The van der Waals surface area contributed by atoms with Gasteiger partial charge in [-0.15, -0.1) is 11.3 Å². The van der Waals surface area contributed by atoms with E-state index in [9.17, 15) is 18.3 Å². The monoisotopic (exact) mass is 435 g/mol. The van der Waals surface area contributed by atoms with Gasteiger partial charge in [0.2, 0.25) is 10.0 Å². The number of ether oxygens (including phenoxy) is 1. The molecule has 2 unspecified atom stereocenters.